The van der Waals surface area contributed by atoms with E-state index in [9.17, 15) is 4.79 Å². The van der Waals surface area contributed by atoms with E-state index in [2.05, 4.69) is 36.4 Å². The minimum atomic E-state index is -0.261. The number of hydrogen-bond donors (Lipinski definition) is 2. The standard InChI is InChI=1S/C16H32N4O/c1-15(2,3)11-18-14(17-4)19-12-16(9-7-8-10-16)13(21)20(5)6/h7-12H2,1-6H3,(H2,17,18,19). The van der Waals surface area contributed by atoms with E-state index in [0.717, 1.165) is 38.2 Å². The molecule has 0 heterocycles. The van der Waals surface area contributed by atoms with Crippen LogP contribution < -0.4 is 10.6 Å². The molecule has 0 radical (unpaired) electrons. The molecule has 1 aliphatic carbocycles. The van der Waals surface area contributed by atoms with Gasteiger partial charge in [-0.1, -0.05) is 33.6 Å². The zero-order valence-corrected chi connectivity index (χ0v) is 14.5. The molecule has 1 aliphatic rings. The number of nitrogens with one attached hydrogen (secondary N) is 2. The van der Waals surface area contributed by atoms with Crippen LogP contribution in [-0.4, -0.2) is 51.0 Å². The van der Waals surface area contributed by atoms with Crippen molar-refractivity contribution < 1.29 is 4.79 Å². The first-order chi connectivity index (χ1) is 9.70. The van der Waals surface area contributed by atoms with Crippen molar-refractivity contribution in [3.8, 4) is 0 Å². The lowest BCUT2D eigenvalue weighted by Gasteiger charge is -2.31. The molecule has 1 amide bonds. The topological polar surface area (TPSA) is 56.7 Å². The maximum atomic E-state index is 12.5. The number of rotatable bonds is 4. The van der Waals surface area contributed by atoms with Gasteiger partial charge in [0, 0.05) is 34.2 Å². The predicted octanol–water partition coefficient (Wildman–Crippen LogP) is 1.85. The van der Waals surface area contributed by atoms with Gasteiger partial charge in [-0.2, -0.15) is 0 Å². The Labute approximate surface area is 129 Å². The van der Waals surface area contributed by atoms with Gasteiger partial charge >= 0.3 is 0 Å². The van der Waals surface area contributed by atoms with E-state index < -0.39 is 0 Å². The Morgan fingerprint density at radius 2 is 1.76 bits per heavy atom. The van der Waals surface area contributed by atoms with Gasteiger partial charge in [-0.3, -0.25) is 9.79 Å². The van der Waals surface area contributed by atoms with E-state index in [1.54, 1.807) is 11.9 Å². The van der Waals surface area contributed by atoms with E-state index in [-0.39, 0.29) is 16.7 Å². The maximum absolute atomic E-state index is 12.5. The average Bonchev–Trinajstić information content (AvgIpc) is 2.86. The van der Waals surface area contributed by atoms with E-state index >= 15 is 0 Å². The monoisotopic (exact) mass is 296 g/mol. The van der Waals surface area contributed by atoms with Gasteiger partial charge in [0.05, 0.1) is 5.41 Å². The van der Waals surface area contributed by atoms with Crippen LogP contribution in [0.2, 0.25) is 0 Å². The van der Waals surface area contributed by atoms with Crippen LogP contribution in [0.3, 0.4) is 0 Å². The van der Waals surface area contributed by atoms with Crippen LogP contribution in [0.1, 0.15) is 46.5 Å². The summed E-state index contributed by atoms with van der Waals surface area (Å²) < 4.78 is 0. The summed E-state index contributed by atoms with van der Waals surface area (Å²) >= 11 is 0. The molecule has 2 N–H and O–H groups in total. The molecule has 0 aromatic carbocycles. The summed E-state index contributed by atoms with van der Waals surface area (Å²) in [6, 6.07) is 0. The van der Waals surface area contributed by atoms with Crippen molar-refractivity contribution in [2.24, 2.45) is 15.8 Å². The second-order valence-corrected chi connectivity index (χ2v) is 7.53. The quantitative estimate of drug-likeness (QED) is 0.615. The number of carbonyl (C=O) groups is 1. The number of hydrogen-bond acceptors (Lipinski definition) is 2. The molecule has 5 heteroatoms. The summed E-state index contributed by atoms with van der Waals surface area (Å²) in [5.74, 6) is 1.02. The number of amides is 1. The van der Waals surface area contributed by atoms with Crippen LogP contribution in [0.25, 0.3) is 0 Å². The van der Waals surface area contributed by atoms with Gasteiger partial charge in [0.2, 0.25) is 5.91 Å². The Morgan fingerprint density at radius 3 is 2.19 bits per heavy atom. The van der Waals surface area contributed by atoms with Crippen molar-refractivity contribution in [2.75, 3.05) is 34.2 Å². The van der Waals surface area contributed by atoms with Crippen LogP contribution >= 0.6 is 0 Å². The molecule has 0 aromatic heterocycles. The van der Waals surface area contributed by atoms with Gasteiger partial charge in [0.15, 0.2) is 5.96 Å². The van der Waals surface area contributed by atoms with Gasteiger partial charge in [0.25, 0.3) is 0 Å². The van der Waals surface area contributed by atoms with Gasteiger partial charge in [-0.25, -0.2) is 0 Å². The molecular weight excluding hydrogens is 264 g/mol. The van der Waals surface area contributed by atoms with Gasteiger partial charge in [-0.15, -0.1) is 0 Å². The summed E-state index contributed by atoms with van der Waals surface area (Å²) in [4.78, 5) is 18.5. The minimum Gasteiger partial charge on any atom is -0.356 e. The zero-order chi connectivity index (χ0) is 16.1. The van der Waals surface area contributed by atoms with Crippen LogP contribution in [0.15, 0.2) is 4.99 Å². The van der Waals surface area contributed by atoms with Crippen molar-refractivity contribution in [3.63, 3.8) is 0 Å². The third-order valence-corrected chi connectivity index (χ3v) is 4.02. The van der Waals surface area contributed by atoms with Gasteiger partial charge < -0.3 is 15.5 Å². The van der Waals surface area contributed by atoms with Crippen LogP contribution in [0, 0.1) is 10.8 Å². The molecule has 5 nitrogen and oxygen atoms in total. The van der Waals surface area contributed by atoms with Crippen LogP contribution in [-0.2, 0) is 4.79 Å². The fourth-order valence-electron chi connectivity index (χ4n) is 2.81. The summed E-state index contributed by atoms with van der Waals surface area (Å²) in [5.41, 5.74) is -0.0645. The second-order valence-electron chi connectivity index (χ2n) is 7.53. The molecule has 1 saturated carbocycles. The molecule has 0 aliphatic heterocycles. The Hall–Kier alpha value is -1.26. The molecule has 0 bridgehead atoms. The Kier molecular flexibility index (Phi) is 6.05. The highest BCUT2D eigenvalue weighted by Crippen LogP contribution is 2.38. The van der Waals surface area contributed by atoms with E-state index in [1.807, 2.05) is 14.1 Å². The summed E-state index contributed by atoms with van der Waals surface area (Å²) in [7, 11) is 5.46. The Balaban J connectivity index is 2.62. The molecule has 0 aromatic rings. The average molecular weight is 296 g/mol. The lowest BCUT2D eigenvalue weighted by atomic mass is 9.84. The van der Waals surface area contributed by atoms with E-state index in [4.69, 9.17) is 0 Å². The Bertz CT molecular complexity index is 376. The van der Waals surface area contributed by atoms with Gasteiger partial charge in [-0.05, 0) is 18.3 Å². The summed E-state index contributed by atoms with van der Waals surface area (Å²) in [6.45, 7) is 8.05. The molecule has 0 saturated heterocycles. The van der Waals surface area contributed by atoms with E-state index in [1.165, 1.54) is 0 Å². The first-order valence-electron chi connectivity index (χ1n) is 7.86. The van der Waals surface area contributed by atoms with Crippen molar-refractivity contribution in [1.82, 2.24) is 15.5 Å². The number of nitrogens with zero attached hydrogens (tertiary/aromatic N) is 2. The zero-order valence-electron chi connectivity index (χ0n) is 14.5. The third-order valence-electron chi connectivity index (χ3n) is 4.02. The molecule has 0 unspecified atom stereocenters. The highest BCUT2D eigenvalue weighted by molar-refractivity contribution is 5.85. The fraction of sp³-hybridized carbons (Fsp3) is 0.875. The van der Waals surface area contributed by atoms with Crippen molar-refractivity contribution >= 4 is 11.9 Å². The SMILES string of the molecule is CN=C(NCC(C)(C)C)NCC1(C(=O)N(C)C)CCCC1. The minimum absolute atomic E-state index is 0.197. The smallest absolute Gasteiger partial charge is 0.230 e. The Morgan fingerprint density at radius 1 is 1.19 bits per heavy atom. The van der Waals surface area contributed by atoms with Crippen LogP contribution in [0.5, 0.6) is 0 Å². The molecule has 21 heavy (non-hydrogen) atoms. The summed E-state index contributed by atoms with van der Waals surface area (Å²) in [5, 5.41) is 6.68. The van der Waals surface area contributed by atoms with Crippen LogP contribution in [0.4, 0.5) is 0 Å². The van der Waals surface area contributed by atoms with E-state index in [0.29, 0.717) is 6.54 Å². The molecule has 0 spiro atoms. The normalized spacial score (nSPS) is 18.5. The first-order valence-corrected chi connectivity index (χ1v) is 7.86. The number of aliphatic imine (C=N–C) groups is 1. The van der Waals surface area contributed by atoms with Crippen molar-refractivity contribution in [1.29, 1.82) is 0 Å². The van der Waals surface area contributed by atoms with Crippen molar-refractivity contribution in [3.05, 3.63) is 0 Å². The third kappa shape index (κ3) is 5.21. The summed E-state index contributed by atoms with van der Waals surface area (Å²) in [6.07, 6.45) is 4.20. The second kappa shape index (κ2) is 7.14. The molecule has 0 atom stereocenters. The molecular formula is C16H32N4O. The molecule has 1 fully saturated rings. The molecule has 1 rings (SSSR count). The maximum Gasteiger partial charge on any atom is 0.230 e. The first kappa shape index (κ1) is 17.8. The highest BCUT2D eigenvalue weighted by Gasteiger charge is 2.42. The van der Waals surface area contributed by atoms with Crippen molar-refractivity contribution in [2.45, 2.75) is 46.5 Å². The lowest BCUT2D eigenvalue weighted by molar-refractivity contribution is -0.138. The fourth-order valence-corrected chi connectivity index (χ4v) is 2.81. The highest BCUT2D eigenvalue weighted by atomic mass is 16.2. The predicted molar refractivity (Wildman–Crippen MR) is 88.4 cm³/mol. The van der Waals surface area contributed by atoms with Gasteiger partial charge in [0.1, 0.15) is 0 Å². The number of guanidine groups is 1. The molecule has 122 valence electrons. The largest absolute Gasteiger partial charge is 0.356 e. The lowest BCUT2D eigenvalue weighted by Crippen LogP contribution is -2.50. The number of carbonyl (C=O) groups excluding carboxylic acids is 1.